The molecule has 21 heavy (non-hydrogen) atoms. The Hall–Kier alpha value is -1.00. The molecule has 0 bridgehead atoms. The van der Waals surface area contributed by atoms with Gasteiger partial charge in [0.05, 0.1) is 0 Å². The lowest BCUT2D eigenvalue weighted by Crippen LogP contribution is -2.37. The van der Waals surface area contributed by atoms with Gasteiger partial charge < -0.3 is 10.5 Å². The molecule has 0 aromatic carbocycles. The van der Waals surface area contributed by atoms with Crippen LogP contribution in [-0.2, 0) is 16.8 Å². The predicted octanol–water partition coefficient (Wildman–Crippen LogP) is 3.20. The second-order valence-corrected chi connectivity index (χ2v) is 6.42. The molecule has 0 amide bonds. The first-order valence-electron chi connectivity index (χ1n) is 8.30. The maximum atomic E-state index is 6.12. The van der Waals surface area contributed by atoms with Crippen LogP contribution in [-0.4, -0.2) is 22.6 Å². The van der Waals surface area contributed by atoms with Gasteiger partial charge in [0.2, 0.25) is 0 Å². The zero-order chi connectivity index (χ0) is 15.3. The first-order chi connectivity index (χ1) is 10.1. The van der Waals surface area contributed by atoms with Crippen molar-refractivity contribution in [1.82, 2.24) is 9.97 Å². The lowest BCUT2D eigenvalue weighted by atomic mass is 9.78. The molecular formula is C17H29N3O. The summed E-state index contributed by atoms with van der Waals surface area (Å²) in [6.45, 7) is 7.16. The van der Waals surface area contributed by atoms with Crippen molar-refractivity contribution < 1.29 is 4.74 Å². The van der Waals surface area contributed by atoms with E-state index in [4.69, 9.17) is 10.5 Å². The summed E-state index contributed by atoms with van der Waals surface area (Å²) in [5, 5.41) is 0. The highest BCUT2D eigenvalue weighted by Crippen LogP contribution is 2.41. The van der Waals surface area contributed by atoms with Crippen LogP contribution in [0.5, 0.6) is 0 Å². The quantitative estimate of drug-likeness (QED) is 0.874. The van der Waals surface area contributed by atoms with E-state index in [0.29, 0.717) is 12.5 Å². The van der Waals surface area contributed by atoms with Crippen LogP contribution in [0.2, 0.25) is 0 Å². The highest BCUT2D eigenvalue weighted by atomic mass is 16.5. The smallest absolute Gasteiger partial charge is 0.160 e. The van der Waals surface area contributed by atoms with Crippen LogP contribution in [0.25, 0.3) is 0 Å². The van der Waals surface area contributed by atoms with E-state index in [2.05, 4.69) is 30.7 Å². The SMILES string of the molecule is CCOC1(c2ncc(CC(N)CC)cn2)CCCC(C)C1. The van der Waals surface area contributed by atoms with E-state index >= 15 is 0 Å². The summed E-state index contributed by atoms with van der Waals surface area (Å²) in [6.07, 6.45) is 10.2. The van der Waals surface area contributed by atoms with E-state index in [1.165, 1.54) is 12.8 Å². The van der Waals surface area contributed by atoms with E-state index in [1.807, 2.05) is 12.4 Å². The van der Waals surface area contributed by atoms with Crippen molar-refractivity contribution in [2.24, 2.45) is 11.7 Å². The van der Waals surface area contributed by atoms with E-state index in [1.54, 1.807) is 0 Å². The second-order valence-electron chi connectivity index (χ2n) is 6.42. The molecule has 0 saturated heterocycles. The van der Waals surface area contributed by atoms with Gasteiger partial charge in [-0.05, 0) is 50.5 Å². The van der Waals surface area contributed by atoms with Crippen molar-refractivity contribution in [1.29, 1.82) is 0 Å². The van der Waals surface area contributed by atoms with Gasteiger partial charge in [-0.1, -0.05) is 20.3 Å². The zero-order valence-electron chi connectivity index (χ0n) is 13.6. The molecule has 1 heterocycles. The molecule has 1 aliphatic rings. The number of hydrogen-bond donors (Lipinski definition) is 1. The van der Waals surface area contributed by atoms with E-state index in [9.17, 15) is 0 Å². The Morgan fingerprint density at radius 1 is 1.38 bits per heavy atom. The molecule has 0 radical (unpaired) electrons. The number of rotatable bonds is 6. The third kappa shape index (κ3) is 4.01. The summed E-state index contributed by atoms with van der Waals surface area (Å²) in [7, 11) is 0. The van der Waals surface area contributed by atoms with Crippen LogP contribution in [0.3, 0.4) is 0 Å². The second kappa shape index (κ2) is 7.32. The summed E-state index contributed by atoms with van der Waals surface area (Å²) in [5.41, 5.74) is 6.83. The number of hydrogen-bond acceptors (Lipinski definition) is 4. The lowest BCUT2D eigenvalue weighted by Gasteiger charge is -2.38. The summed E-state index contributed by atoms with van der Waals surface area (Å²) >= 11 is 0. The number of nitrogens with two attached hydrogens (primary N) is 1. The topological polar surface area (TPSA) is 61.0 Å². The Morgan fingerprint density at radius 2 is 2.10 bits per heavy atom. The zero-order valence-corrected chi connectivity index (χ0v) is 13.6. The standard InChI is InChI=1S/C17H29N3O/c1-4-15(18)9-14-11-19-16(20-12-14)17(21-5-2)8-6-7-13(3)10-17/h11-13,15H,4-10,18H2,1-3H3. The molecule has 1 aliphatic carbocycles. The minimum atomic E-state index is -0.280. The van der Waals surface area contributed by atoms with Crippen LogP contribution < -0.4 is 5.73 Å². The molecule has 4 heteroatoms. The Morgan fingerprint density at radius 3 is 2.67 bits per heavy atom. The molecule has 1 aromatic heterocycles. The van der Waals surface area contributed by atoms with Gasteiger partial charge in [-0.25, -0.2) is 9.97 Å². The third-order valence-electron chi connectivity index (χ3n) is 4.51. The van der Waals surface area contributed by atoms with Gasteiger partial charge in [0.1, 0.15) is 5.60 Å². The van der Waals surface area contributed by atoms with Gasteiger partial charge in [-0.2, -0.15) is 0 Å². The van der Waals surface area contributed by atoms with E-state index in [-0.39, 0.29) is 11.6 Å². The van der Waals surface area contributed by atoms with Crippen molar-refractivity contribution >= 4 is 0 Å². The summed E-state index contributed by atoms with van der Waals surface area (Å²) in [6, 6.07) is 0.190. The van der Waals surface area contributed by atoms with Crippen LogP contribution >= 0.6 is 0 Å². The third-order valence-corrected chi connectivity index (χ3v) is 4.51. The fraction of sp³-hybridized carbons (Fsp3) is 0.765. The predicted molar refractivity (Wildman–Crippen MR) is 84.9 cm³/mol. The average Bonchev–Trinajstić information content (AvgIpc) is 2.48. The Kier molecular flexibility index (Phi) is 5.71. The largest absolute Gasteiger partial charge is 0.367 e. The first kappa shape index (κ1) is 16.4. The van der Waals surface area contributed by atoms with Crippen molar-refractivity contribution in [3.63, 3.8) is 0 Å². The summed E-state index contributed by atoms with van der Waals surface area (Å²) in [5.74, 6) is 1.52. The Labute approximate surface area is 128 Å². The maximum Gasteiger partial charge on any atom is 0.160 e. The molecule has 2 N–H and O–H groups in total. The molecule has 0 spiro atoms. The molecule has 2 rings (SSSR count). The minimum Gasteiger partial charge on any atom is -0.367 e. The molecule has 3 atom stereocenters. The van der Waals surface area contributed by atoms with E-state index in [0.717, 1.165) is 37.1 Å². The van der Waals surface area contributed by atoms with Crippen LogP contribution in [0.15, 0.2) is 12.4 Å². The van der Waals surface area contributed by atoms with Gasteiger partial charge in [0, 0.05) is 25.0 Å². The number of ether oxygens (including phenoxy) is 1. The molecule has 3 unspecified atom stereocenters. The normalized spacial score (nSPS) is 27.5. The van der Waals surface area contributed by atoms with Gasteiger partial charge >= 0.3 is 0 Å². The molecule has 118 valence electrons. The van der Waals surface area contributed by atoms with Crippen molar-refractivity contribution in [3.8, 4) is 0 Å². The van der Waals surface area contributed by atoms with Crippen molar-refractivity contribution in [2.75, 3.05) is 6.61 Å². The van der Waals surface area contributed by atoms with Gasteiger partial charge in [-0.3, -0.25) is 0 Å². The van der Waals surface area contributed by atoms with Crippen LogP contribution in [0.1, 0.15) is 64.3 Å². The summed E-state index contributed by atoms with van der Waals surface area (Å²) < 4.78 is 6.12. The molecule has 4 nitrogen and oxygen atoms in total. The average molecular weight is 291 g/mol. The monoisotopic (exact) mass is 291 g/mol. The van der Waals surface area contributed by atoms with Gasteiger partial charge in [0.15, 0.2) is 5.82 Å². The lowest BCUT2D eigenvalue weighted by molar-refractivity contribution is -0.0881. The molecule has 1 aromatic rings. The number of aromatic nitrogens is 2. The Balaban J connectivity index is 2.17. The van der Waals surface area contributed by atoms with Gasteiger partial charge in [-0.15, -0.1) is 0 Å². The fourth-order valence-electron chi connectivity index (χ4n) is 3.32. The first-order valence-corrected chi connectivity index (χ1v) is 8.30. The van der Waals surface area contributed by atoms with Crippen LogP contribution in [0.4, 0.5) is 0 Å². The molecule has 1 saturated carbocycles. The summed E-state index contributed by atoms with van der Waals surface area (Å²) in [4.78, 5) is 9.25. The highest BCUT2D eigenvalue weighted by molar-refractivity contribution is 5.12. The van der Waals surface area contributed by atoms with Crippen molar-refractivity contribution in [2.45, 2.75) is 70.9 Å². The van der Waals surface area contributed by atoms with Crippen molar-refractivity contribution in [3.05, 3.63) is 23.8 Å². The molecular weight excluding hydrogens is 262 g/mol. The van der Waals surface area contributed by atoms with Crippen LogP contribution in [0, 0.1) is 5.92 Å². The van der Waals surface area contributed by atoms with E-state index < -0.39 is 0 Å². The highest BCUT2D eigenvalue weighted by Gasteiger charge is 2.39. The number of nitrogens with zero attached hydrogens (tertiary/aromatic N) is 2. The molecule has 1 fully saturated rings. The van der Waals surface area contributed by atoms with Gasteiger partial charge in [0.25, 0.3) is 0 Å². The maximum absolute atomic E-state index is 6.12. The minimum absolute atomic E-state index is 0.190. The fourth-order valence-corrected chi connectivity index (χ4v) is 3.32. The molecule has 0 aliphatic heterocycles. The Bertz CT molecular complexity index is 430.